The summed E-state index contributed by atoms with van der Waals surface area (Å²) >= 11 is 1.62. The van der Waals surface area contributed by atoms with Crippen molar-refractivity contribution in [1.29, 1.82) is 0 Å². The lowest BCUT2D eigenvalue weighted by Crippen LogP contribution is -2.38. The molecule has 0 aliphatic carbocycles. The second-order valence-electron chi connectivity index (χ2n) is 6.72. The average molecular weight is 383 g/mol. The van der Waals surface area contributed by atoms with E-state index in [4.69, 9.17) is 4.74 Å². The third kappa shape index (κ3) is 3.65. The molecule has 0 bridgehead atoms. The summed E-state index contributed by atoms with van der Waals surface area (Å²) in [6.07, 6.45) is 2.02. The van der Waals surface area contributed by atoms with E-state index < -0.39 is 0 Å². The largest absolute Gasteiger partial charge is 0.376 e. The molecule has 1 aliphatic heterocycles. The Hall–Kier alpha value is -2.51. The quantitative estimate of drug-likeness (QED) is 0.680. The fourth-order valence-electron chi connectivity index (χ4n) is 3.45. The normalized spacial score (nSPS) is 16.7. The second kappa shape index (κ2) is 7.62. The van der Waals surface area contributed by atoms with Gasteiger partial charge in [0.05, 0.1) is 18.0 Å². The second-order valence-corrected chi connectivity index (χ2v) is 7.76. The monoisotopic (exact) mass is 383 g/mol. The molecule has 1 fully saturated rings. The molecule has 0 saturated carbocycles. The molecule has 1 atom stereocenters. The SMILES string of the molecule is Cn1nc(C(=O)N(Cc2cccs2)C[C@@H]2CCCO2)c2ccccc2c1=O. The Morgan fingerprint density at radius 1 is 1.30 bits per heavy atom. The van der Waals surface area contributed by atoms with Crippen LogP contribution in [-0.4, -0.2) is 39.8 Å². The molecule has 0 radical (unpaired) electrons. The molecule has 6 nitrogen and oxygen atoms in total. The lowest BCUT2D eigenvalue weighted by molar-refractivity contribution is 0.0505. The number of aryl methyl sites for hydroxylation is 1. The Labute approximate surface area is 161 Å². The molecule has 1 aliphatic rings. The highest BCUT2D eigenvalue weighted by Crippen LogP contribution is 2.21. The maximum Gasteiger partial charge on any atom is 0.275 e. The van der Waals surface area contributed by atoms with Gasteiger partial charge in [-0.2, -0.15) is 5.10 Å². The van der Waals surface area contributed by atoms with Gasteiger partial charge in [-0.1, -0.05) is 24.3 Å². The van der Waals surface area contributed by atoms with Crippen molar-refractivity contribution in [2.24, 2.45) is 7.05 Å². The minimum Gasteiger partial charge on any atom is -0.376 e. The van der Waals surface area contributed by atoms with E-state index in [2.05, 4.69) is 5.10 Å². The van der Waals surface area contributed by atoms with E-state index in [0.717, 1.165) is 24.3 Å². The molecule has 1 aromatic carbocycles. The molecule has 1 saturated heterocycles. The summed E-state index contributed by atoms with van der Waals surface area (Å²) < 4.78 is 6.99. The number of benzene rings is 1. The minimum atomic E-state index is -0.203. The molecule has 0 spiro atoms. The summed E-state index contributed by atoms with van der Waals surface area (Å²) in [5, 5.41) is 7.40. The van der Waals surface area contributed by atoms with Crippen LogP contribution in [-0.2, 0) is 18.3 Å². The van der Waals surface area contributed by atoms with Gasteiger partial charge in [0.15, 0.2) is 5.69 Å². The Bertz CT molecular complexity index is 1010. The maximum absolute atomic E-state index is 13.4. The number of carbonyl (C=O) groups excluding carboxylic acids is 1. The molecular formula is C20H21N3O3S. The molecule has 4 rings (SSSR count). The first kappa shape index (κ1) is 17.9. The molecule has 140 valence electrons. The predicted octanol–water partition coefficient (Wildman–Crippen LogP) is 2.82. The third-order valence-electron chi connectivity index (χ3n) is 4.82. The number of hydrogen-bond donors (Lipinski definition) is 0. The van der Waals surface area contributed by atoms with Crippen molar-refractivity contribution in [2.45, 2.75) is 25.5 Å². The standard InChI is InChI=1S/C20H21N3O3S/c1-22-19(24)17-9-3-2-8-16(17)18(21-22)20(25)23(12-14-6-4-10-26-14)13-15-7-5-11-27-15/h2-3,5,7-9,11,14H,4,6,10,12-13H2,1H3/t14-/m0/s1. The Kier molecular flexibility index (Phi) is 5.05. The highest BCUT2D eigenvalue weighted by molar-refractivity contribution is 7.09. The molecule has 0 unspecified atom stereocenters. The van der Waals surface area contributed by atoms with Crippen molar-refractivity contribution >= 4 is 28.0 Å². The highest BCUT2D eigenvalue weighted by Gasteiger charge is 2.26. The average Bonchev–Trinajstić information content (AvgIpc) is 3.38. The number of amides is 1. The van der Waals surface area contributed by atoms with Crippen LogP contribution in [0.25, 0.3) is 10.8 Å². The van der Waals surface area contributed by atoms with E-state index in [-0.39, 0.29) is 17.6 Å². The van der Waals surface area contributed by atoms with Gasteiger partial charge in [-0.3, -0.25) is 9.59 Å². The van der Waals surface area contributed by atoms with Gasteiger partial charge in [0.25, 0.3) is 11.5 Å². The van der Waals surface area contributed by atoms with Crippen molar-refractivity contribution in [3.63, 3.8) is 0 Å². The summed E-state index contributed by atoms with van der Waals surface area (Å²) in [6, 6.07) is 11.1. The molecule has 2 aromatic heterocycles. The topological polar surface area (TPSA) is 64.4 Å². The van der Waals surface area contributed by atoms with Crippen LogP contribution in [0.1, 0.15) is 28.2 Å². The van der Waals surface area contributed by atoms with Crippen LogP contribution in [0.5, 0.6) is 0 Å². The lowest BCUT2D eigenvalue weighted by atomic mass is 10.1. The molecule has 7 heteroatoms. The Morgan fingerprint density at radius 2 is 2.11 bits per heavy atom. The summed E-state index contributed by atoms with van der Waals surface area (Å²) in [7, 11) is 1.58. The molecule has 1 amide bonds. The van der Waals surface area contributed by atoms with Crippen LogP contribution in [0.3, 0.4) is 0 Å². The van der Waals surface area contributed by atoms with Gasteiger partial charge in [-0.05, 0) is 30.4 Å². The summed E-state index contributed by atoms with van der Waals surface area (Å²) in [5.74, 6) is -0.175. The number of fused-ring (bicyclic) bond motifs is 1. The van der Waals surface area contributed by atoms with Gasteiger partial charge in [0, 0.05) is 30.5 Å². The molecule has 27 heavy (non-hydrogen) atoms. The zero-order chi connectivity index (χ0) is 18.8. The Morgan fingerprint density at radius 3 is 2.81 bits per heavy atom. The van der Waals surface area contributed by atoms with Crippen molar-refractivity contribution in [3.8, 4) is 0 Å². The molecular weight excluding hydrogens is 362 g/mol. The van der Waals surface area contributed by atoms with Gasteiger partial charge >= 0.3 is 0 Å². The number of carbonyl (C=O) groups is 1. The van der Waals surface area contributed by atoms with Crippen LogP contribution >= 0.6 is 11.3 Å². The summed E-state index contributed by atoms with van der Waals surface area (Å²) in [5.41, 5.74) is 0.105. The minimum absolute atomic E-state index is 0.0488. The fraction of sp³-hybridized carbons (Fsp3) is 0.350. The van der Waals surface area contributed by atoms with E-state index in [0.29, 0.717) is 29.6 Å². The number of aromatic nitrogens is 2. The zero-order valence-electron chi connectivity index (χ0n) is 15.1. The summed E-state index contributed by atoms with van der Waals surface area (Å²) in [6.45, 7) is 1.78. The fourth-order valence-corrected chi connectivity index (χ4v) is 4.17. The van der Waals surface area contributed by atoms with Crippen LogP contribution in [0, 0.1) is 0 Å². The molecule has 3 aromatic rings. The smallest absolute Gasteiger partial charge is 0.275 e. The van der Waals surface area contributed by atoms with E-state index in [1.54, 1.807) is 41.5 Å². The van der Waals surface area contributed by atoms with Crippen molar-refractivity contribution < 1.29 is 9.53 Å². The van der Waals surface area contributed by atoms with Gasteiger partial charge in [0.1, 0.15) is 0 Å². The number of thiophene rings is 1. The van der Waals surface area contributed by atoms with Crippen molar-refractivity contribution in [3.05, 3.63) is 62.7 Å². The van der Waals surface area contributed by atoms with Gasteiger partial charge in [-0.25, -0.2) is 4.68 Å². The first-order valence-corrected chi connectivity index (χ1v) is 9.91. The lowest BCUT2D eigenvalue weighted by Gasteiger charge is -2.25. The van der Waals surface area contributed by atoms with Gasteiger partial charge in [-0.15, -0.1) is 11.3 Å². The predicted molar refractivity (Wildman–Crippen MR) is 105 cm³/mol. The first-order chi connectivity index (χ1) is 13.1. The third-order valence-corrected chi connectivity index (χ3v) is 5.68. The van der Waals surface area contributed by atoms with E-state index in [1.165, 1.54) is 4.68 Å². The van der Waals surface area contributed by atoms with E-state index in [9.17, 15) is 9.59 Å². The van der Waals surface area contributed by atoms with Gasteiger partial charge < -0.3 is 9.64 Å². The van der Waals surface area contributed by atoms with E-state index >= 15 is 0 Å². The maximum atomic E-state index is 13.4. The number of rotatable bonds is 5. The zero-order valence-corrected chi connectivity index (χ0v) is 15.9. The van der Waals surface area contributed by atoms with Crippen molar-refractivity contribution in [1.82, 2.24) is 14.7 Å². The molecule has 3 heterocycles. The van der Waals surface area contributed by atoms with Crippen LogP contribution in [0.15, 0.2) is 46.6 Å². The number of hydrogen-bond acceptors (Lipinski definition) is 5. The number of nitrogens with zero attached hydrogens (tertiary/aromatic N) is 3. The van der Waals surface area contributed by atoms with Gasteiger partial charge in [0.2, 0.25) is 0 Å². The van der Waals surface area contributed by atoms with Crippen LogP contribution < -0.4 is 5.56 Å². The van der Waals surface area contributed by atoms with E-state index in [1.807, 2.05) is 23.6 Å². The highest BCUT2D eigenvalue weighted by atomic mass is 32.1. The Balaban J connectivity index is 1.73. The van der Waals surface area contributed by atoms with Crippen molar-refractivity contribution in [2.75, 3.05) is 13.2 Å². The molecule has 0 N–H and O–H groups in total. The van der Waals surface area contributed by atoms with Crippen LogP contribution in [0.4, 0.5) is 0 Å². The summed E-state index contributed by atoms with van der Waals surface area (Å²) in [4.78, 5) is 28.7. The number of ether oxygens (including phenoxy) is 1. The first-order valence-electron chi connectivity index (χ1n) is 9.03. The van der Waals surface area contributed by atoms with Crippen LogP contribution in [0.2, 0.25) is 0 Å².